The number of aromatic nitrogens is 3. The Hall–Kier alpha value is -1.24. The number of aryl methyl sites for hydroxylation is 1. The van der Waals surface area contributed by atoms with Gasteiger partial charge >= 0.3 is 0 Å². The quantitative estimate of drug-likeness (QED) is 0.630. The van der Waals surface area contributed by atoms with Crippen molar-refractivity contribution in [3.8, 4) is 0 Å². The van der Waals surface area contributed by atoms with E-state index in [1.807, 2.05) is 11.8 Å². The summed E-state index contributed by atoms with van der Waals surface area (Å²) in [5, 5.41) is 8.48. The molecule has 1 fully saturated rings. The zero-order chi connectivity index (χ0) is 13.1. The largest absolute Gasteiger partial charge is 0.370 e. The minimum atomic E-state index is 0.544. The highest BCUT2D eigenvalue weighted by Gasteiger charge is 2.16. The van der Waals surface area contributed by atoms with Gasteiger partial charge in [0, 0.05) is 37.6 Å². The van der Waals surface area contributed by atoms with Crippen LogP contribution in [0.1, 0.15) is 24.5 Å². The monoisotopic (exact) mass is 280 g/mol. The van der Waals surface area contributed by atoms with E-state index in [9.17, 15) is 0 Å². The van der Waals surface area contributed by atoms with Gasteiger partial charge in [0.15, 0.2) is 11.8 Å². The number of nitrogens with two attached hydrogens (primary N) is 1. The van der Waals surface area contributed by atoms with Crippen LogP contribution in [0.15, 0.2) is 4.99 Å². The molecule has 0 spiro atoms. The first-order valence-corrected chi connectivity index (χ1v) is 8.03. The lowest BCUT2D eigenvalue weighted by atomic mass is 10.2. The van der Waals surface area contributed by atoms with Crippen molar-refractivity contribution in [3.05, 3.63) is 11.6 Å². The van der Waals surface area contributed by atoms with Gasteiger partial charge in [0.25, 0.3) is 0 Å². The number of rotatable bonds is 2. The molecule has 7 heteroatoms. The summed E-state index contributed by atoms with van der Waals surface area (Å²) in [5.74, 6) is 4.97. The normalized spacial score (nSPS) is 20.4. The number of fused-ring (bicyclic) bond motifs is 1. The topological polar surface area (TPSA) is 72.3 Å². The van der Waals surface area contributed by atoms with Crippen molar-refractivity contribution in [2.45, 2.75) is 32.4 Å². The molecule has 0 amide bonds. The number of guanidine groups is 1. The van der Waals surface area contributed by atoms with Crippen molar-refractivity contribution in [3.63, 3.8) is 0 Å². The highest BCUT2D eigenvalue weighted by Crippen LogP contribution is 2.15. The van der Waals surface area contributed by atoms with Gasteiger partial charge in [-0.15, -0.1) is 10.2 Å². The Morgan fingerprint density at radius 2 is 2.05 bits per heavy atom. The first kappa shape index (κ1) is 12.8. The summed E-state index contributed by atoms with van der Waals surface area (Å²) in [4.78, 5) is 6.64. The number of aliphatic imine (C=N–C) groups is 1. The standard InChI is InChI=1S/C12H20N6S/c13-12(17-5-7-19-8-6-17)14-9-11-16-15-10-3-1-2-4-18(10)11/h1-9H2,(H2,13,14). The molecule has 0 saturated carbocycles. The van der Waals surface area contributed by atoms with Crippen molar-refractivity contribution < 1.29 is 0 Å². The van der Waals surface area contributed by atoms with Gasteiger partial charge in [-0.2, -0.15) is 11.8 Å². The molecule has 1 aromatic rings. The molecule has 3 rings (SSSR count). The third-order valence-corrected chi connectivity index (χ3v) is 4.60. The van der Waals surface area contributed by atoms with E-state index in [0.29, 0.717) is 12.5 Å². The third kappa shape index (κ3) is 2.86. The van der Waals surface area contributed by atoms with Crippen LogP contribution in [-0.2, 0) is 19.5 Å². The molecule has 104 valence electrons. The van der Waals surface area contributed by atoms with Crippen molar-refractivity contribution in [2.24, 2.45) is 10.7 Å². The Morgan fingerprint density at radius 1 is 1.21 bits per heavy atom. The molecule has 2 N–H and O–H groups in total. The van der Waals surface area contributed by atoms with Crippen LogP contribution >= 0.6 is 11.8 Å². The highest BCUT2D eigenvalue weighted by atomic mass is 32.2. The molecule has 0 aromatic carbocycles. The minimum absolute atomic E-state index is 0.544. The van der Waals surface area contributed by atoms with Crippen molar-refractivity contribution in [1.82, 2.24) is 19.7 Å². The molecule has 19 heavy (non-hydrogen) atoms. The van der Waals surface area contributed by atoms with Crippen LogP contribution in [-0.4, -0.2) is 50.2 Å². The summed E-state index contributed by atoms with van der Waals surface area (Å²) in [6.07, 6.45) is 3.46. The van der Waals surface area contributed by atoms with Gasteiger partial charge in [0.2, 0.25) is 0 Å². The summed E-state index contributed by atoms with van der Waals surface area (Å²) >= 11 is 1.97. The first-order valence-electron chi connectivity index (χ1n) is 6.88. The maximum Gasteiger partial charge on any atom is 0.191 e. The number of hydrogen-bond acceptors (Lipinski definition) is 4. The molecule has 0 unspecified atom stereocenters. The smallest absolute Gasteiger partial charge is 0.191 e. The zero-order valence-electron chi connectivity index (χ0n) is 11.1. The van der Waals surface area contributed by atoms with Crippen molar-refractivity contribution in [1.29, 1.82) is 0 Å². The maximum absolute atomic E-state index is 6.05. The highest BCUT2D eigenvalue weighted by molar-refractivity contribution is 7.99. The van der Waals surface area contributed by atoms with E-state index < -0.39 is 0 Å². The summed E-state index contributed by atoms with van der Waals surface area (Å²) in [6.45, 7) is 3.56. The maximum atomic E-state index is 6.05. The molecule has 6 nitrogen and oxygen atoms in total. The van der Waals surface area contributed by atoms with Crippen LogP contribution in [0.25, 0.3) is 0 Å². The predicted molar refractivity (Wildman–Crippen MR) is 77.2 cm³/mol. The Kier molecular flexibility index (Phi) is 3.91. The van der Waals surface area contributed by atoms with Gasteiger partial charge in [-0.25, -0.2) is 4.99 Å². The number of hydrogen-bond donors (Lipinski definition) is 1. The SMILES string of the molecule is NC(=NCc1nnc2n1CCCC2)N1CCSCC1. The van der Waals surface area contributed by atoms with Crippen LogP contribution in [0.5, 0.6) is 0 Å². The van der Waals surface area contributed by atoms with Crippen LogP contribution in [0.4, 0.5) is 0 Å². The lowest BCUT2D eigenvalue weighted by Crippen LogP contribution is -2.42. The Bertz CT molecular complexity index is 463. The van der Waals surface area contributed by atoms with Crippen LogP contribution in [0.2, 0.25) is 0 Å². The molecule has 2 aliphatic rings. The van der Waals surface area contributed by atoms with Gasteiger partial charge in [0.05, 0.1) is 0 Å². The van der Waals surface area contributed by atoms with E-state index in [1.54, 1.807) is 0 Å². The molecule has 0 radical (unpaired) electrons. The Balaban J connectivity index is 1.66. The molecular weight excluding hydrogens is 260 g/mol. The second-order valence-corrected chi connectivity index (χ2v) is 6.14. The first-order chi connectivity index (χ1) is 9.34. The fourth-order valence-corrected chi connectivity index (χ4v) is 3.43. The van der Waals surface area contributed by atoms with Crippen molar-refractivity contribution in [2.75, 3.05) is 24.6 Å². The average molecular weight is 280 g/mol. The molecule has 1 saturated heterocycles. The molecule has 0 aliphatic carbocycles. The summed E-state index contributed by atoms with van der Waals surface area (Å²) in [5.41, 5.74) is 6.05. The lowest BCUT2D eigenvalue weighted by Gasteiger charge is -2.27. The summed E-state index contributed by atoms with van der Waals surface area (Å²) in [6, 6.07) is 0. The lowest BCUT2D eigenvalue weighted by molar-refractivity contribution is 0.454. The fourth-order valence-electron chi connectivity index (χ4n) is 2.53. The van der Waals surface area contributed by atoms with Gasteiger partial charge in [-0.1, -0.05) is 0 Å². The van der Waals surface area contributed by atoms with E-state index in [-0.39, 0.29) is 0 Å². The van der Waals surface area contributed by atoms with Gasteiger partial charge in [-0.3, -0.25) is 0 Å². The molecule has 3 heterocycles. The van der Waals surface area contributed by atoms with Crippen molar-refractivity contribution >= 4 is 17.7 Å². The van der Waals surface area contributed by atoms with E-state index >= 15 is 0 Å². The molecule has 2 aliphatic heterocycles. The Labute approximate surface area is 117 Å². The van der Waals surface area contributed by atoms with E-state index in [0.717, 1.165) is 49.2 Å². The van der Waals surface area contributed by atoms with Gasteiger partial charge in [0.1, 0.15) is 12.4 Å². The van der Waals surface area contributed by atoms with Crippen LogP contribution in [0.3, 0.4) is 0 Å². The second kappa shape index (κ2) is 5.81. The zero-order valence-corrected chi connectivity index (χ0v) is 11.9. The average Bonchev–Trinajstić information content (AvgIpc) is 2.89. The molecule has 0 bridgehead atoms. The van der Waals surface area contributed by atoms with Gasteiger partial charge < -0.3 is 15.2 Å². The summed E-state index contributed by atoms with van der Waals surface area (Å²) < 4.78 is 2.20. The van der Waals surface area contributed by atoms with Crippen LogP contribution in [0, 0.1) is 0 Å². The predicted octanol–water partition coefficient (Wildman–Crippen LogP) is 0.478. The molecule has 0 atom stereocenters. The fraction of sp³-hybridized carbons (Fsp3) is 0.750. The molecular formula is C12H20N6S. The van der Waals surface area contributed by atoms with E-state index in [1.165, 1.54) is 12.8 Å². The Morgan fingerprint density at radius 3 is 2.89 bits per heavy atom. The van der Waals surface area contributed by atoms with E-state index in [4.69, 9.17) is 5.73 Å². The van der Waals surface area contributed by atoms with E-state index in [2.05, 4.69) is 24.7 Å². The molecule has 1 aromatic heterocycles. The summed E-state index contributed by atoms with van der Waals surface area (Å²) in [7, 11) is 0. The minimum Gasteiger partial charge on any atom is -0.370 e. The second-order valence-electron chi connectivity index (χ2n) is 4.92. The number of thioether (sulfide) groups is 1. The van der Waals surface area contributed by atoms with Crippen LogP contribution < -0.4 is 5.73 Å². The third-order valence-electron chi connectivity index (χ3n) is 3.65. The number of nitrogens with zero attached hydrogens (tertiary/aromatic N) is 5. The van der Waals surface area contributed by atoms with Gasteiger partial charge in [-0.05, 0) is 12.8 Å².